The highest BCUT2D eigenvalue weighted by Crippen LogP contribution is 2.21. The molecule has 6 nitrogen and oxygen atoms in total. The Morgan fingerprint density at radius 2 is 1.95 bits per heavy atom. The molecular formula is C14H23NO5. The maximum atomic E-state index is 12.3. The van der Waals surface area contributed by atoms with Crippen LogP contribution in [0.2, 0.25) is 0 Å². The first-order chi connectivity index (χ1) is 9.32. The van der Waals surface area contributed by atoms with Gasteiger partial charge >= 0.3 is 12.1 Å². The fraction of sp³-hybridized carbons (Fsp3) is 0.786. The molecule has 1 saturated heterocycles. The normalized spacial score (nSPS) is 16.5. The Hall–Kier alpha value is -1.59. The topological polar surface area (TPSA) is 72.9 Å². The number of carbonyl (C=O) groups excluding carboxylic acids is 3. The number of nitrogens with zero attached hydrogens (tertiary/aromatic N) is 1. The van der Waals surface area contributed by atoms with E-state index < -0.39 is 18.0 Å². The Morgan fingerprint density at radius 3 is 2.40 bits per heavy atom. The Kier molecular flexibility index (Phi) is 5.98. The van der Waals surface area contributed by atoms with Crippen molar-refractivity contribution in [2.75, 3.05) is 19.8 Å². The van der Waals surface area contributed by atoms with E-state index in [-0.39, 0.29) is 37.3 Å². The fourth-order valence-electron chi connectivity index (χ4n) is 1.90. The van der Waals surface area contributed by atoms with Gasteiger partial charge in [-0.2, -0.15) is 0 Å². The van der Waals surface area contributed by atoms with Crippen molar-refractivity contribution in [2.45, 2.75) is 34.1 Å². The Balaban J connectivity index is 2.62. The lowest BCUT2D eigenvalue weighted by molar-refractivity contribution is -0.150. The lowest BCUT2D eigenvalue weighted by Crippen LogP contribution is -2.39. The summed E-state index contributed by atoms with van der Waals surface area (Å²) >= 11 is 0. The molecule has 1 rings (SSSR count). The fourth-order valence-corrected chi connectivity index (χ4v) is 1.90. The van der Waals surface area contributed by atoms with Crippen LogP contribution in [-0.2, 0) is 19.1 Å². The Labute approximate surface area is 119 Å². The van der Waals surface area contributed by atoms with Gasteiger partial charge in [0, 0.05) is 0 Å². The molecule has 0 unspecified atom stereocenters. The lowest BCUT2D eigenvalue weighted by Gasteiger charge is -2.22. The van der Waals surface area contributed by atoms with E-state index in [4.69, 9.17) is 9.47 Å². The minimum atomic E-state index is -0.629. The summed E-state index contributed by atoms with van der Waals surface area (Å²) in [4.78, 5) is 36.5. The van der Waals surface area contributed by atoms with Gasteiger partial charge in [0.25, 0.3) is 0 Å². The lowest BCUT2D eigenvalue weighted by atomic mass is 9.91. The largest absolute Gasteiger partial charge is 0.465 e. The first kappa shape index (κ1) is 16.5. The maximum Gasteiger partial charge on any atom is 0.416 e. The van der Waals surface area contributed by atoms with Gasteiger partial charge in [-0.15, -0.1) is 0 Å². The van der Waals surface area contributed by atoms with Gasteiger partial charge in [-0.05, 0) is 11.8 Å². The standard InChI is InChI=1S/C14H23NO5/c1-9(2)8-20-12(16)7-11(10(3)4)13(17)15-5-6-19-14(15)18/h9-11H,5-8H2,1-4H3/t11-/m1/s1. The van der Waals surface area contributed by atoms with Gasteiger partial charge in [-0.25, -0.2) is 9.69 Å². The third-order valence-corrected chi connectivity index (χ3v) is 3.11. The second-order valence-electron chi connectivity index (χ2n) is 5.74. The zero-order valence-electron chi connectivity index (χ0n) is 12.5. The molecule has 1 heterocycles. The molecule has 0 bridgehead atoms. The molecule has 0 radical (unpaired) electrons. The van der Waals surface area contributed by atoms with Crippen molar-refractivity contribution in [2.24, 2.45) is 17.8 Å². The zero-order valence-corrected chi connectivity index (χ0v) is 12.5. The van der Waals surface area contributed by atoms with Crippen LogP contribution in [0.15, 0.2) is 0 Å². The van der Waals surface area contributed by atoms with Crippen molar-refractivity contribution in [1.29, 1.82) is 0 Å². The van der Waals surface area contributed by atoms with Gasteiger partial charge in [0.2, 0.25) is 5.91 Å². The Bertz CT molecular complexity index is 378. The predicted molar refractivity (Wildman–Crippen MR) is 71.8 cm³/mol. The van der Waals surface area contributed by atoms with E-state index in [0.29, 0.717) is 6.61 Å². The highest BCUT2D eigenvalue weighted by molar-refractivity contribution is 5.95. The number of carbonyl (C=O) groups is 3. The molecular weight excluding hydrogens is 262 g/mol. The summed E-state index contributed by atoms with van der Waals surface area (Å²) in [6, 6.07) is 0. The second kappa shape index (κ2) is 7.26. The van der Waals surface area contributed by atoms with Gasteiger partial charge in [-0.3, -0.25) is 9.59 Å². The summed E-state index contributed by atoms with van der Waals surface area (Å²) in [5.41, 5.74) is 0. The van der Waals surface area contributed by atoms with Crippen molar-refractivity contribution in [3.63, 3.8) is 0 Å². The molecule has 2 amide bonds. The van der Waals surface area contributed by atoms with Gasteiger partial charge < -0.3 is 9.47 Å². The molecule has 6 heteroatoms. The van der Waals surface area contributed by atoms with E-state index in [1.165, 1.54) is 0 Å². The number of esters is 1. The molecule has 0 saturated carbocycles. The molecule has 1 aliphatic rings. The monoisotopic (exact) mass is 285 g/mol. The average Bonchev–Trinajstić information content (AvgIpc) is 2.78. The molecule has 1 atom stereocenters. The zero-order chi connectivity index (χ0) is 15.3. The van der Waals surface area contributed by atoms with Crippen LogP contribution >= 0.6 is 0 Å². The molecule has 1 aliphatic heterocycles. The van der Waals surface area contributed by atoms with E-state index in [1.807, 2.05) is 27.7 Å². The molecule has 114 valence electrons. The molecule has 0 N–H and O–H groups in total. The number of rotatable bonds is 6. The molecule has 0 spiro atoms. The molecule has 1 fully saturated rings. The smallest absolute Gasteiger partial charge is 0.416 e. The summed E-state index contributed by atoms with van der Waals surface area (Å²) in [7, 11) is 0. The first-order valence-corrected chi connectivity index (χ1v) is 6.96. The summed E-state index contributed by atoms with van der Waals surface area (Å²) in [5.74, 6) is -1.12. The van der Waals surface area contributed by atoms with E-state index in [1.54, 1.807) is 0 Å². The maximum absolute atomic E-state index is 12.3. The first-order valence-electron chi connectivity index (χ1n) is 6.96. The van der Waals surface area contributed by atoms with Crippen molar-refractivity contribution in [3.8, 4) is 0 Å². The molecule has 0 aromatic heterocycles. The van der Waals surface area contributed by atoms with Crippen LogP contribution in [-0.4, -0.2) is 42.6 Å². The quantitative estimate of drug-likeness (QED) is 0.696. The van der Waals surface area contributed by atoms with E-state index in [9.17, 15) is 14.4 Å². The second-order valence-corrected chi connectivity index (χ2v) is 5.74. The van der Waals surface area contributed by atoms with Gasteiger partial charge in [-0.1, -0.05) is 27.7 Å². The molecule has 20 heavy (non-hydrogen) atoms. The van der Waals surface area contributed by atoms with Crippen LogP contribution in [0.4, 0.5) is 4.79 Å². The number of amides is 2. The van der Waals surface area contributed by atoms with Gasteiger partial charge in [0.15, 0.2) is 0 Å². The van der Waals surface area contributed by atoms with Crippen LogP contribution in [0.5, 0.6) is 0 Å². The van der Waals surface area contributed by atoms with Gasteiger partial charge in [0.1, 0.15) is 6.61 Å². The van der Waals surface area contributed by atoms with Crippen LogP contribution in [0.25, 0.3) is 0 Å². The number of imide groups is 1. The summed E-state index contributed by atoms with van der Waals surface area (Å²) in [6.07, 6.45) is -0.635. The third kappa shape index (κ3) is 4.51. The SMILES string of the molecule is CC(C)COC(=O)C[C@@H](C(=O)N1CCOC1=O)C(C)C. The summed E-state index contributed by atoms with van der Waals surface area (Å²) < 4.78 is 9.85. The number of hydrogen-bond donors (Lipinski definition) is 0. The third-order valence-electron chi connectivity index (χ3n) is 3.11. The van der Waals surface area contributed by atoms with Crippen molar-refractivity contribution < 1.29 is 23.9 Å². The molecule has 0 aromatic rings. The van der Waals surface area contributed by atoms with E-state index in [0.717, 1.165) is 4.90 Å². The average molecular weight is 285 g/mol. The molecule has 0 aromatic carbocycles. The highest BCUT2D eigenvalue weighted by Gasteiger charge is 2.36. The van der Waals surface area contributed by atoms with Crippen molar-refractivity contribution in [1.82, 2.24) is 4.90 Å². The van der Waals surface area contributed by atoms with Crippen LogP contribution in [0.3, 0.4) is 0 Å². The van der Waals surface area contributed by atoms with Crippen LogP contribution in [0.1, 0.15) is 34.1 Å². The number of hydrogen-bond acceptors (Lipinski definition) is 5. The summed E-state index contributed by atoms with van der Waals surface area (Å²) in [6.45, 7) is 8.38. The van der Waals surface area contributed by atoms with E-state index >= 15 is 0 Å². The minimum absolute atomic E-state index is 0.00694. The van der Waals surface area contributed by atoms with E-state index in [2.05, 4.69) is 0 Å². The van der Waals surface area contributed by atoms with Crippen LogP contribution in [0, 0.1) is 17.8 Å². The number of ether oxygens (including phenoxy) is 2. The summed E-state index contributed by atoms with van der Waals surface area (Å²) in [5, 5.41) is 0. The van der Waals surface area contributed by atoms with Crippen molar-refractivity contribution >= 4 is 18.0 Å². The molecule has 0 aliphatic carbocycles. The highest BCUT2D eigenvalue weighted by atomic mass is 16.6. The van der Waals surface area contributed by atoms with Gasteiger partial charge in [0.05, 0.1) is 25.5 Å². The minimum Gasteiger partial charge on any atom is -0.465 e. The predicted octanol–water partition coefficient (Wildman–Crippen LogP) is 1.83. The number of cyclic esters (lactones) is 1. The van der Waals surface area contributed by atoms with Crippen molar-refractivity contribution in [3.05, 3.63) is 0 Å². The Morgan fingerprint density at radius 1 is 1.30 bits per heavy atom. The van der Waals surface area contributed by atoms with Crippen LogP contribution < -0.4 is 0 Å².